The molecule has 23 heavy (non-hydrogen) atoms. The molecule has 2 bridgehead atoms. The first-order valence-corrected chi connectivity index (χ1v) is 10.4. The molecular formula is C22H34S. The van der Waals surface area contributed by atoms with E-state index in [0.29, 0.717) is 5.41 Å². The van der Waals surface area contributed by atoms with Crippen LogP contribution in [0.15, 0.2) is 29.2 Å². The molecule has 1 heteroatoms. The van der Waals surface area contributed by atoms with Gasteiger partial charge in [-0.05, 0) is 73.5 Å². The van der Waals surface area contributed by atoms with Gasteiger partial charge in [-0.25, -0.2) is 0 Å². The van der Waals surface area contributed by atoms with Crippen LogP contribution in [0.5, 0.6) is 0 Å². The predicted octanol–water partition coefficient (Wildman–Crippen LogP) is 7.32. The fraction of sp³-hybridized carbons (Fsp3) is 0.727. The summed E-state index contributed by atoms with van der Waals surface area (Å²) in [5, 5.41) is 0. The van der Waals surface area contributed by atoms with Crippen LogP contribution in [0, 0.1) is 5.41 Å². The lowest BCUT2D eigenvalue weighted by molar-refractivity contribution is 0.0304. The van der Waals surface area contributed by atoms with E-state index in [0.717, 1.165) is 10.3 Å². The number of thiol groups is 1. The van der Waals surface area contributed by atoms with Gasteiger partial charge in [-0.1, -0.05) is 57.6 Å². The van der Waals surface area contributed by atoms with Crippen LogP contribution < -0.4 is 0 Å². The van der Waals surface area contributed by atoms with Gasteiger partial charge in [0.05, 0.1) is 0 Å². The van der Waals surface area contributed by atoms with Crippen molar-refractivity contribution < 1.29 is 0 Å². The number of unbranched alkanes of at least 4 members (excludes halogenated alkanes) is 5. The van der Waals surface area contributed by atoms with Crippen molar-refractivity contribution in [3.05, 3.63) is 29.8 Å². The van der Waals surface area contributed by atoms with Crippen LogP contribution in [0.1, 0.15) is 96.0 Å². The maximum Gasteiger partial charge on any atom is 0.00401 e. The molecular weight excluding hydrogens is 296 g/mol. The van der Waals surface area contributed by atoms with Gasteiger partial charge >= 0.3 is 0 Å². The van der Waals surface area contributed by atoms with E-state index in [1.165, 1.54) is 83.5 Å². The number of fused-ring (bicyclic) bond motifs is 3. The normalized spacial score (nSPS) is 29.8. The third-order valence-electron chi connectivity index (χ3n) is 6.94. The third kappa shape index (κ3) is 3.98. The molecule has 0 spiro atoms. The van der Waals surface area contributed by atoms with Gasteiger partial charge < -0.3 is 0 Å². The van der Waals surface area contributed by atoms with E-state index in [9.17, 15) is 0 Å². The quantitative estimate of drug-likeness (QED) is 0.374. The van der Waals surface area contributed by atoms with Crippen molar-refractivity contribution in [3.63, 3.8) is 0 Å². The average Bonchev–Trinajstić information content (AvgIpc) is 2.60. The van der Waals surface area contributed by atoms with Gasteiger partial charge in [0, 0.05) is 4.90 Å². The maximum atomic E-state index is 4.44. The number of hydrogen-bond donors (Lipinski definition) is 1. The van der Waals surface area contributed by atoms with Crippen molar-refractivity contribution in [1.82, 2.24) is 0 Å². The Morgan fingerprint density at radius 3 is 1.96 bits per heavy atom. The van der Waals surface area contributed by atoms with E-state index in [4.69, 9.17) is 0 Å². The second kappa shape index (κ2) is 7.64. The molecule has 0 heterocycles. The lowest BCUT2D eigenvalue weighted by Crippen LogP contribution is -2.44. The Kier molecular flexibility index (Phi) is 5.78. The molecule has 3 aliphatic rings. The van der Waals surface area contributed by atoms with Crippen molar-refractivity contribution in [1.29, 1.82) is 0 Å². The minimum atomic E-state index is 0.504. The summed E-state index contributed by atoms with van der Waals surface area (Å²) in [6.45, 7) is 2.30. The third-order valence-corrected chi connectivity index (χ3v) is 7.24. The van der Waals surface area contributed by atoms with Crippen LogP contribution in [0.4, 0.5) is 0 Å². The number of rotatable bonds is 8. The fourth-order valence-corrected chi connectivity index (χ4v) is 5.32. The molecule has 0 atom stereocenters. The Hall–Kier alpha value is -0.430. The summed E-state index contributed by atoms with van der Waals surface area (Å²) in [4.78, 5) is 1.09. The van der Waals surface area contributed by atoms with Crippen LogP contribution in [0.2, 0.25) is 0 Å². The molecule has 0 aromatic heterocycles. The summed E-state index contributed by atoms with van der Waals surface area (Å²) in [5.74, 6) is 0. The molecule has 0 N–H and O–H groups in total. The lowest BCUT2D eigenvalue weighted by Gasteiger charge is -2.54. The molecule has 4 rings (SSSR count). The summed E-state index contributed by atoms with van der Waals surface area (Å²) in [7, 11) is 0. The Balaban J connectivity index is 1.50. The molecule has 3 fully saturated rings. The van der Waals surface area contributed by atoms with Gasteiger partial charge in [-0.2, -0.15) is 0 Å². The minimum absolute atomic E-state index is 0.504. The van der Waals surface area contributed by atoms with Crippen LogP contribution in [0.25, 0.3) is 0 Å². The second-order valence-corrected chi connectivity index (χ2v) is 8.86. The Bertz CT molecular complexity index is 463. The fourth-order valence-electron chi connectivity index (χ4n) is 5.17. The minimum Gasteiger partial charge on any atom is -0.143 e. The predicted molar refractivity (Wildman–Crippen MR) is 104 cm³/mol. The molecule has 3 aliphatic carbocycles. The average molecular weight is 331 g/mol. The molecule has 3 saturated carbocycles. The molecule has 0 amide bonds. The summed E-state index contributed by atoms with van der Waals surface area (Å²) >= 11 is 4.44. The van der Waals surface area contributed by atoms with E-state index in [-0.39, 0.29) is 0 Å². The highest BCUT2D eigenvalue weighted by molar-refractivity contribution is 7.80. The topological polar surface area (TPSA) is 0 Å². The molecule has 128 valence electrons. The second-order valence-electron chi connectivity index (χ2n) is 8.34. The highest BCUT2D eigenvalue weighted by atomic mass is 32.1. The zero-order valence-corrected chi connectivity index (χ0v) is 15.8. The zero-order chi connectivity index (χ0) is 16.2. The maximum absolute atomic E-state index is 4.44. The molecule has 0 nitrogen and oxygen atoms in total. The largest absolute Gasteiger partial charge is 0.143 e. The molecule has 1 aromatic rings. The van der Waals surface area contributed by atoms with Crippen molar-refractivity contribution in [2.24, 2.45) is 5.41 Å². The SMILES string of the molecule is CCCCCCCCC12CCC(c3ccc(S)cc3)(CC1)CC2. The first kappa shape index (κ1) is 17.4. The van der Waals surface area contributed by atoms with Crippen molar-refractivity contribution in [2.45, 2.75) is 101 Å². The standard InChI is InChI=1S/C22H34S/c1-2-3-4-5-6-7-12-21-13-16-22(17-14-21,18-15-21)19-8-10-20(23)11-9-19/h8-11,23H,2-7,12-18H2,1H3. The monoisotopic (exact) mass is 330 g/mol. The Morgan fingerprint density at radius 1 is 0.783 bits per heavy atom. The summed E-state index contributed by atoms with van der Waals surface area (Å²) in [6, 6.07) is 9.04. The van der Waals surface area contributed by atoms with E-state index < -0.39 is 0 Å². The van der Waals surface area contributed by atoms with Gasteiger partial charge in [0.25, 0.3) is 0 Å². The molecule has 1 aromatic carbocycles. The van der Waals surface area contributed by atoms with Gasteiger partial charge in [0.1, 0.15) is 0 Å². The molecule has 0 aliphatic heterocycles. The van der Waals surface area contributed by atoms with E-state index in [1.807, 2.05) is 0 Å². The zero-order valence-electron chi connectivity index (χ0n) is 14.9. The Morgan fingerprint density at radius 2 is 1.35 bits per heavy atom. The van der Waals surface area contributed by atoms with Crippen LogP contribution >= 0.6 is 12.6 Å². The highest BCUT2D eigenvalue weighted by Gasteiger charge is 2.48. The van der Waals surface area contributed by atoms with Crippen LogP contribution in [-0.4, -0.2) is 0 Å². The molecule has 0 radical (unpaired) electrons. The van der Waals surface area contributed by atoms with E-state index in [2.05, 4.69) is 43.8 Å². The highest BCUT2D eigenvalue weighted by Crippen LogP contribution is 2.59. The molecule has 0 saturated heterocycles. The van der Waals surface area contributed by atoms with Gasteiger partial charge in [-0.15, -0.1) is 12.6 Å². The number of benzene rings is 1. The van der Waals surface area contributed by atoms with E-state index >= 15 is 0 Å². The van der Waals surface area contributed by atoms with Gasteiger partial charge in [0.2, 0.25) is 0 Å². The Labute approximate surface area is 148 Å². The summed E-state index contributed by atoms with van der Waals surface area (Å²) < 4.78 is 0. The first-order chi connectivity index (χ1) is 11.2. The van der Waals surface area contributed by atoms with Crippen molar-refractivity contribution >= 4 is 12.6 Å². The van der Waals surface area contributed by atoms with Crippen molar-refractivity contribution in [2.75, 3.05) is 0 Å². The van der Waals surface area contributed by atoms with Crippen molar-refractivity contribution in [3.8, 4) is 0 Å². The summed E-state index contributed by atoms with van der Waals surface area (Å²) in [6.07, 6.45) is 18.9. The van der Waals surface area contributed by atoms with Crippen LogP contribution in [-0.2, 0) is 5.41 Å². The van der Waals surface area contributed by atoms with Gasteiger partial charge in [0.15, 0.2) is 0 Å². The van der Waals surface area contributed by atoms with E-state index in [1.54, 1.807) is 5.56 Å². The van der Waals surface area contributed by atoms with Gasteiger partial charge in [-0.3, -0.25) is 0 Å². The molecule has 0 unspecified atom stereocenters. The summed E-state index contributed by atoms with van der Waals surface area (Å²) in [5.41, 5.74) is 2.81. The van der Waals surface area contributed by atoms with Crippen LogP contribution in [0.3, 0.4) is 0 Å². The smallest absolute Gasteiger partial charge is 0.00401 e. The first-order valence-electron chi connectivity index (χ1n) is 9.98. The lowest BCUT2D eigenvalue weighted by atomic mass is 9.51. The number of hydrogen-bond acceptors (Lipinski definition) is 1.